The van der Waals surface area contributed by atoms with E-state index in [1.807, 2.05) is 0 Å². The molecule has 1 atom stereocenters. The molecule has 0 aliphatic carbocycles. The fourth-order valence-electron chi connectivity index (χ4n) is 3.81. The minimum atomic E-state index is -3.73. The fraction of sp³-hybridized carbons (Fsp3) is 0.286. The van der Waals surface area contributed by atoms with E-state index in [0.717, 1.165) is 6.42 Å². The summed E-state index contributed by atoms with van der Waals surface area (Å²) in [6.45, 7) is 0.809. The van der Waals surface area contributed by atoms with Gasteiger partial charge in [-0.15, -0.1) is 10.2 Å². The van der Waals surface area contributed by atoms with Gasteiger partial charge in [0.15, 0.2) is 11.5 Å². The summed E-state index contributed by atoms with van der Waals surface area (Å²) in [5.41, 5.74) is 0.552. The summed E-state index contributed by atoms with van der Waals surface area (Å²) in [5.74, 6) is 0.641. The van der Waals surface area contributed by atoms with Gasteiger partial charge in [-0.25, -0.2) is 8.42 Å². The highest BCUT2D eigenvalue weighted by molar-refractivity contribution is 7.89. The fourth-order valence-corrected chi connectivity index (χ4v) is 6.69. The van der Waals surface area contributed by atoms with Gasteiger partial charge in [0.25, 0.3) is 5.91 Å². The van der Waals surface area contributed by atoms with Crippen LogP contribution in [-0.2, 0) is 10.0 Å². The zero-order valence-electron chi connectivity index (χ0n) is 17.2. The molecular weight excluding hydrogens is 488 g/mol. The van der Waals surface area contributed by atoms with Gasteiger partial charge in [-0.2, -0.15) is 4.31 Å². The molecule has 9 nitrogen and oxygen atoms in total. The molecule has 1 amide bonds. The first-order valence-electron chi connectivity index (χ1n) is 10.2. The highest BCUT2D eigenvalue weighted by atomic mass is 35.5. The maximum absolute atomic E-state index is 13.1. The number of aromatic nitrogens is 2. The zero-order valence-corrected chi connectivity index (χ0v) is 19.6. The van der Waals surface area contributed by atoms with E-state index in [4.69, 9.17) is 21.1 Å². The summed E-state index contributed by atoms with van der Waals surface area (Å²) >= 11 is 7.30. The lowest BCUT2D eigenvalue weighted by atomic mass is 10.0. The van der Waals surface area contributed by atoms with Crippen molar-refractivity contribution in [3.8, 4) is 11.5 Å². The summed E-state index contributed by atoms with van der Waals surface area (Å²) in [5, 5.41) is 12.0. The highest BCUT2D eigenvalue weighted by Gasteiger charge is 2.33. The maximum atomic E-state index is 13.1. The topological polar surface area (TPSA) is 111 Å². The molecule has 0 radical (unpaired) electrons. The number of hydrogen-bond acceptors (Lipinski definition) is 8. The van der Waals surface area contributed by atoms with E-state index in [2.05, 4.69) is 15.5 Å². The molecular formula is C21H19ClN4O5S2. The molecule has 172 valence electrons. The standard InChI is InChI=1S/C21H19ClN4O5S2/c22-15-5-1-2-6-18(15)33(28,29)26-9-3-4-13(11-26)20-24-25-21(32-20)19(27)23-14-7-8-16-17(10-14)31-12-30-16/h1-2,5-8,10,13H,3-4,9,11-12H2,(H,23,27). The molecule has 2 aliphatic rings. The van der Waals surface area contributed by atoms with Crippen LogP contribution in [-0.4, -0.2) is 48.7 Å². The Kier molecular flexibility index (Phi) is 5.95. The first kappa shape index (κ1) is 22.1. The number of ether oxygens (including phenoxy) is 2. The van der Waals surface area contributed by atoms with Crippen LogP contribution < -0.4 is 14.8 Å². The van der Waals surface area contributed by atoms with Crippen LogP contribution in [0.3, 0.4) is 0 Å². The third-order valence-corrected chi connectivity index (χ3v) is 8.90. The SMILES string of the molecule is O=C(Nc1ccc2c(c1)OCO2)c1nnc(C2CCCN(S(=O)(=O)c3ccccc3Cl)C2)s1. The highest BCUT2D eigenvalue weighted by Crippen LogP contribution is 2.35. The summed E-state index contributed by atoms with van der Waals surface area (Å²) < 4.78 is 38.2. The number of benzene rings is 2. The Morgan fingerprint density at radius 2 is 1.97 bits per heavy atom. The van der Waals surface area contributed by atoms with Gasteiger partial charge < -0.3 is 14.8 Å². The monoisotopic (exact) mass is 506 g/mol. The summed E-state index contributed by atoms with van der Waals surface area (Å²) in [4.78, 5) is 12.8. The molecule has 12 heteroatoms. The number of carbonyl (C=O) groups excluding carboxylic acids is 1. The predicted molar refractivity (Wildman–Crippen MR) is 123 cm³/mol. The number of nitrogens with zero attached hydrogens (tertiary/aromatic N) is 3. The van der Waals surface area contributed by atoms with Crippen molar-refractivity contribution >= 4 is 44.6 Å². The summed E-state index contributed by atoms with van der Waals surface area (Å²) in [6, 6.07) is 11.5. The van der Waals surface area contributed by atoms with E-state index in [1.54, 1.807) is 36.4 Å². The number of sulfonamides is 1. The van der Waals surface area contributed by atoms with Gasteiger partial charge in [0.1, 0.15) is 9.90 Å². The van der Waals surface area contributed by atoms with E-state index in [9.17, 15) is 13.2 Å². The van der Waals surface area contributed by atoms with Crippen LogP contribution >= 0.6 is 22.9 Å². The van der Waals surface area contributed by atoms with Gasteiger partial charge in [0, 0.05) is 30.8 Å². The van der Waals surface area contributed by atoms with E-state index in [1.165, 1.54) is 21.7 Å². The first-order valence-corrected chi connectivity index (χ1v) is 12.8. The summed E-state index contributed by atoms with van der Waals surface area (Å²) in [7, 11) is -3.73. The normalized spacial score (nSPS) is 18.3. The van der Waals surface area contributed by atoms with Crippen molar-refractivity contribution in [2.45, 2.75) is 23.7 Å². The molecule has 2 aromatic carbocycles. The van der Waals surface area contributed by atoms with Crippen molar-refractivity contribution in [3.63, 3.8) is 0 Å². The Hall–Kier alpha value is -2.73. The Labute approximate surface area is 199 Å². The molecule has 0 spiro atoms. The second kappa shape index (κ2) is 8.90. The number of anilines is 1. The third-order valence-electron chi connectivity index (χ3n) is 5.45. The van der Waals surface area contributed by atoms with Crippen LogP contribution in [0.15, 0.2) is 47.4 Å². The van der Waals surface area contributed by atoms with Crippen LogP contribution in [0.1, 0.15) is 33.6 Å². The molecule has 5 rings (SSSR count). The molecule has 3 heterocycles. The lowest BCUT2D eigenvalue weighted by Crippen LogP contribution is -2.39. The van der Waals surface area contributed by atoms with Gasteiger partial charge in [-0.05, 0) is 37.1 Å². The number of rotatable bonds is 5. The minimum Gasteiger partial charge on any atom is -0.454 e. The number of halogens is 1. The van der Waals surface area contributed by atoms with Crippen LogP contribution in [0.2, 0.25) is 5.02 Å². The number of hydrogen-bond donors (Lipinski definition) is 1. The third kappa shape index (κ3) is 4.41. The van der Waals surface area contributed by atoms with Crippen molar-refractivity contribution in [2.75, 3.05) is 25.2 Å². The Bertz CT molecular complexity index is 1310. The molecule has 3 aromatic rings. The number of piperidine rings is 1. The average molecular weight is 507 g/mol. The van der Waals surface area contributed by atoms with E-state index in [0.29, 0.717) is 35.2 Å². The van der Waals surface area contributed by atoms with Crippen LogP contribution in [0.5, 0.6) is 11.5 Å². The Morgan fingerprint density at radius 1 is 1.15 bits per heavy atom. The van der Waals surface area contributed by atoms with Crippen molar-refractivity contribution < 1.29 is 22.7 Å². The van der Waals surface area contributed by atoms with Gasteiger partial charge in [0.2, 0.25) is 21.8 Å². The molecule has 1 aromatic heterocycles. The quantitative estimate of drug-likeness (QED) is 0.561. The molecule has 1 unspecified atom stereocenters. The van der Waals surface area contributed by atoms with Crippen molar-refractivity contribution in [1.82, 2.24) is 14.5 Å². The van der Waals surface area contributed by atoms with Gasteiger partial charge in [0.05, 0.1) is 5.02 Å². The number of fused-ring (bicyclic) bond motifs is 1. The number of carbonyl (C=O) groups is 1. The molecule has 0 bridgehead atoms. The second-order valence-corrected chi connectivity index (χ2v) is 10.9. The van der Waals surface area contributed by atoms with Crippen molar-refractivity contribution in [2.24, 2.45) is 0 Å². The molecule has 1 saturated heterocycles. The maximum Gasteiger partial charge on any atom is 0.286 e. The first-order chi connectivity index (χ1) is 15.9. The smallest absolute Gasteiger partial charge is 0.286 e. The molecule has 0 saturated carbocycles. The minimum absolute atomic E-state index is 0.0911. The van der Waals surface area contributed by atoms with Crippen molar-refractivity contribution in [1.29, 1.82) is 0 Å². The van der Waals surface area contributed by atoms with Crippen molar-refractivity contribution in [3.05, 3.63) is 57.5 Å². The Balaban J connectivity index is 1.29. The largest absolute Gasteiger partial charge is 0.454 e. The molecule has 1 fully saturated rings. The number of nitrogens with one attached hydrogen (secondary N) is 1. The summed E-state index contributed by atoms with van der Waals surface area (Å²) in [6.07, 6.45) is 1.43. The van der Waals surface area contributed by atoms with E-state index >= 15 is 0 Å². The van der Waals surface area contributed by atoms with Gasteiger partial charge in [-0.3, -0.25) is 4.79 Å². The number of amides is 1. The zero-order chi connectivity index (χ0) is 23.0. The molecule has 1 N–H and O–H groups in total. The Morgan fingerprint density at radius 3 is 2.82 bits per heavy atom. The second-order valence-electron chi connectivity index (χ2n) is 7.60. The van der Waals surface area contributed by atoms with Crippen LogP contribution in [0, 0.1) is 0 Å². The molecule has 33 heavy (non-hydrogen) atoms. The van der Waals surface area contributed by atoms with Gasteiger partial charge in [-0.1, -0.05) is 35.1 Å². The lowest BCUT2D eigenvalue weighted by molar-refractivity contribution is 0.102. The predicted octanol–water partition coefficient (Wildman–Crippen LogP) is 3.74. The van der Waals surface area contributed by atoms with Crippen LogP contribution in [0.4, 0.5) is 5.69 Å². The average Bonchev–Trinajstić information content (AvgIpc) is 3.49. The van der Waals surface area contributed by atoms with Crippen LogP contribution in [0.25, 0.3) is 0 Å². The molecule has 2 aliphatic heterocycles. The van der Waals surface area contributed by atoms with E-state index < -0.39 is 15.9 Å². The lowest BCUT2D eigenvalue weighted by Gasteiger charge is -2.30. The van der Waals surface area contributed by atoms with Gasteiger partial charge >= 0.3 is 0 Å². The van der Waals surface area contributed by atoms with E-state index in [-0.39, 0.29) is 34.2 Å².